The number of carbonyl (C=O) groups excluding carboxylic acids is 2. The zero-order valence-electron chi connectivity index (χ0n) is 12.1. The molecule has 0 saturated heterocycles. The monoisotopic (exact) mass is 316 g/mol. The second kappa shape index (κ2) is 5.79. The maximum Gasteiger partial charge on any atom is 0.322 e. The Morgan fingerprint density at radius 3 is 2.09 bits per heavy atom. The fraction of sp³-hybridized carbons (Fsp3) is 0.176. The van der Waals surface area contributed by atoms with Crippen molar-refractivity contribution in [1.82, 2.24) is 10.6 Å². The molecule has 1 saturated carbocycles. The summed E-state index contributed by atoms with van der Waals surface area (Å²) in [6, 6.07) is 11.6. The Bertz CT molecular complexity index is 738. The highest BCUT2D eigenvalue weighted by molar-refractivity contribution is 6.04. The van der Waals surface area contributed by atoms with Gasteiger partial charge in [-0.15, -0.1) is 0 Å². The Morgan fingerprint density at radius 1 is 0.913 bits per heavy atom. The Balaban J connectivity index is 1.70. The zero-order valence-corrected chi connectivity index (χ0v) is 12.1. The zero-order chi connectivity index (χ0) is 16.4. The second-order valence-corrected chi connectivity index (χ2v) is 5.45. The van der Waals surface area contributed by atoms with Crippen molar-refractivity contribution in [2.45, 2.75) is 18.4 Å². The smallest absolute Gasteiger partial charge is 0.322 e. The van der Waals surface area contributed by atoms with E-state index in [0.29, 0.717) is 0 Å². The molecule has 2 aromatic carbocycles. The van der Waals surface area contributed by atoms with Crippen molar-refractivity contribution < 1.29 is 18.4 Å². The van der Waals surface area contributed by atoms with Crippen molar-refractivity contribution in [3.63, 3.8) is 0 Å². The molecular weight excluding hydrogens is 302 g/mol. The molecule has 0 unspecified atom stereocenters. The molecule has 0 aliphatic heterocycles. The number of benzene rings is 2. The van der Waals surface area contributed by atoms with E-state index >= 15 is 0 Å². The summed E-state index contributed by atoms with van der Waals surface area (Å²) >= 11 is 0. The number of urea groups is 1. The van der Waals surface area contributed by atoms with Crippen LogP contribution in [-0.4, -0.2) is 11.9 Å². The number of carbonyl (C=O) groups is 2. The summed E-state index contributed by atoms with van der Waals surface area (Å²) in [5, 5.41) is 4.68. The third-order valence-corrected chi connectivity index (χ3v) is 3.85. The van der Waals surface area contributed by atoms with Gasteiger partial charge in [-0.25, -0.2) is 13.6 Å². The SMILES string of the molecule is O=C(NC(=O)c1c(F)cccc1F)NC1(c2ccccc2)CC1. The molecular formula is C17H14F2N2O2. The fourth-order valence-electron chi connectivity index (χ4n) is 2.50. The maximum absolute atomic E-state index is 13.5. The predicted molar refractivity (Wildman–Crippen MR) is 79.7 cm³/mol. The largest absolute Gasteiger partial charge is 0.328 e. The van der Waals surface area contributed by atoms with Gasteiger partial charge in [0, 0.05) is 0 Å². The van der Waals surface area contributed by atoms with Gasteiger partial charge in [-0.05, 0) is 30.5 Å². The minimum absolute atomic E-state index is 0.514. The minimum Gasteiger partial charge on any atom is -0.328 e. The lowest BCUT2D eigenvalue weighted by Crippen LogP contribution is -2.45. The Labute approximate surface area is 131 Å². The number of amides is 3. The lowest BCUT2D eigenvalue weighted by Gasteiger charge is -2.18. The van der Waals surface area contributed by atoms with Crippen molar-refractivity contribution in [1.29, 1.82) is 0 Å². The number of rotatable bonds is 3. The molecule has 3 amide bonds. The molecule has 2 N–H and O–H groups in total. The van der Waals surface area contributed by atoms with Crippen LogP contribution in [0.1, 0.15) is 28.8 Å². The van der Waals surface area contributed by atoms with Crippen LogP contribution in [0.25, 0.3) is 0 Å². The molecule has 0 spiro atoms. The van der Waals surface area contributed by atoms with Gasteiger partial charge < -0.3 is 5.32 Å². The first kappa shape index (κ1) is 15.1. The van der Waals surface area contributed by atoms with E-state index in [0.717, 1.165) is 36.6 Å². The Hall–Kier alpha value is -2.76. The van der Waals surface area contributed by atoms with Crippen molar-refractivity contribution >= 4 is 11.9 Å². The summed E-state index contributed by atoms with van der Waals surface area (Å²) in [6.45, 7) is 0. The molecule has 1 aliphatic rings. The van der Waals surface area contributed by atoms with Gasteiger partial charge in [0.2, 0.25) is 0 Å². The highest BCUT2D eigenvalue weighted by atomic mass is 19.1. The summed E-state index contributed by atoms with van der Waals surface area (Å²) in [7, 11) is 0. The highest BCUT2D eigenvalue weighted by Gasteiger charge is 2.45. The fourth-order valence-corrected chi connectivity index (χ4v) is 2.50. The lowest BCUT2D eigenvalue weighted by atomic mass is 10.1. The molecule has 1 aliphatic carbocycles. The van der Waals surface area contributed by atoms with E-state index in [9.17, 15) is 18.4 Å². The molecule has 0 heterocycles. The number of nitrogens with one attached hydrogen (secondary N) is 2. The molecule has 23 heavy (non-hydrogen) atoms. The van der Waals surface area contributed by atoms with Crippen LogP contribution in [0.2, 0.25) is 0 Å². The van der Waals surface area contributed by atoms with E-state index in [1.165, 1.54) is 0 Å². The van der Waals surface area contributed by atoms with Gasteiger partial charge in [0.05, 0.1) is 5.54 Å². The van der Waals surface area contributed by atoms with Crippen molar-refractivity contribution in [3.8, 4) is 0 Å². The predicted octanol–water partition coefficient (Wildman–Crippen LogP) is 3.09. The molecule has 2 aromatic rings. The molecule has 0 atom stereocenters. The van der Waals surface area contributed by atoms with Crippen LogP contribution in [0.4, 0.5) is 13.6 Å². The van der Waals surface area contributed by atoms with Gasteiger partial charge in [0.25, 0.3) is 5.91 Å². The van der Waals surface area contributed by atoms with Gasteiger partial charge in [-0.2, -0.15) is 0 Å². The van der Waals surface area contributed by atoms with E-state index in [4.69, 9.17) is 0 Å². The van der Waals surface area contributed by atoms with Gasteiger partial charge in [-0.3, -0.25) is 10.1 Å². The van der Waals surface area contributed by atoms with Crippen molar-refractivity contribution in [2.24, 2.45) is 0 Å². The van der Waals surface area contributed by atoms with Crippen molar-refractivity contribution in [3.05, 3.63) is 71.3 Å². The second-order valence-electron chi connectivity index (χ2n) is 5.45. The third kappa shape index (κ3) is 3.06. The van der Waals surface area contributed by atoms with E-state index in [1.807, 2.05) is 35.6 Å². The molecule has 118 valence electrons. The first-order chi connectivity index (χ1) is 11.0. The summed E-state index contributed by atoms with van der Waals surface area (Å²) in [4.78, 5) is 23.9. The van der Waals surface area contributed by atoms with E-state index in [1.54, 1.807) is 0 Å². The highest BCUT2D eigenvalue weighted by Crippen LogP contribution is 2.45. The molecule has 0 aromatic heterocycles. The molecule has 4 nitrogen and oxygen atoms in total. The molecule has 0 radical (unpaired) electrons. The number of hydrogen-bond acceptors (Lipinski definition) is 2. The standard InChI is InChI=1S/C17H14F2N2O2/c18-12-7-4-8-13(19)14(12)15(22)20-16(23)21-17(9-10-17)11-5-2-1-3-6-11/h1-8H,9-10H2,(H2,20,21,22,23). The van der Waals surface area contributed by atoms with E-state index < -0.39 is 34.7 Å². The lowest BCUT2D eigenvalue weighted by molar-refractivity contribution is 0.0955. The molecule has 0 bridgehead atoms. The minimum atomic E-state index is -1.11. The van der Waals surface area contributed by atoms with Gasteiger partial charge >= 0.3 is 6.03 Å². The van der Waals surface area contributed by atoms with Crippen LogP contribution in [0.15, 0.2) is 48.5 Å². The summed E-state index contributed by atoms with van der Waals surface area (Å²) in [5.74, 6) is -3.14. The molecule has 3 rings (SSSR count). The van der Waals surface area contributed by atoms with E-state index in [-0.39, 0.29) is 0 Å². The van der Waals surface area contributed by atoms with Crippen LogP contribution in [-0.2, 0) is 5.54 Å². The first-order valence-electron chi connectivity index (χ1n) is 7.15. The van der Waals surface area contributed by atoms with Crippen molar-refractivity contribution in [2.75, 3.05) is 0 Å². The number of hydrogen-bond donors (Lipinski definition) is 2. The van der Waals surface area contributed by atoms with E-state index in [2.05, 4.69) is 5.32 Å². The number of halogens is 2. The summed E-state index contributed by atoms with van der Waals surface area (Å²) in [5.41, 5.74) is -0.355. The first-order valence-corrected chi connectivity index (χ1v) is 7.15. The average Bonchev–Trinajstić information content (AvgIpc) is 3.28. The van der Waals surface area contributed by atoms with Gasteiger partial charge in [0.15, 0.2) is 0 Å². The maximum atomic E-state index is 13.5. The van der Waals surface area contributed by atoms with Crippen LogP contribution in [0.3, 0.4) is 0 Å². The molecule has 6 heteroatoms. The normalized spacial score (nSPS) is 14.9. The van der Waals surface area contributed by atoms with Gasteiger partial charge in [0.1, 0.15) is 17.2 Å². The topological polar surface area (TPSA) is 58.2 Å². The van der Waals surface area contributed by atoms with Crippen LogP contribution < -0.4 is 10.6 Å². The summed E-state index contributed by atoms with van der Waals surface area (Å²) < 4.78 is 27.1. The Morgan fingerprint density at radius 2 is 1.52 bits per heavy atom. The third-order valence-electron chi connectivity index (χ3n) is 3.85. The molecule has 1 fully saturated rings. The quantitative estimate of drug-likeness (QED) is 0.914. The van der Waals surface area contributed by atoms with Crippen LogP contribution >= 0.6 is 0 Å². The van der Waals surface area contributed by atoms with Crippen LogP contribution in [0, 0.1) is 11.6 Å². The van der Waals surface area contributed by atoms with Crippen LogP contribution in [0.5, 0.6) is 0 Å². The number of imide groups is 1. The van der Waals surface area contributed by atoms with Gasteiger partial charge in [-0.1, -0.05) is 36.4 Å². The summed E-state index contributed by atoms with van der Waals surface area (Å²) in [6.07, 6.45) is 1.49. The average molecular weight is 316 g/mol. The Kier molecular flexibility index (Phi) is 3.82.